The van der Waals surface area contributed by atoms with Gasteiger partial charge < -0.3 is 10.6 Å². The van der Waals surface area contributed by atoms with Crippen molar-refractivity contribution < 1.29 is 4.92 Å². The molecule has 0 fully saturated rings. The summed E-state index contributed by atoms with van der Waals surface area (Å²) in [4.78, 5) is 19.8. The van der Waals surface area contributed by atoms with Crippen LogP contribution in [-0.4, -0.2) is 33.4 Å². The number of nitrogens with zero attached hydrogens (tertiary/aromatic N) is 3. The van der Waals surface area contributed by atoms with E-state index in [0.717, 1.165) is 51.3 Å². The Bertz CT molecular complexity index is 1090. The summed E-state index contributed by atoms with van der Waals surface area (Å²) in [6.07, 6.45) is 2.00. The highest BCUT2D eigenvalue weighted by Crippen LogP contribution is 2.29. The van der Waals surface area contributed by atoms with E-state index in [0.29, 0.717) is 12.0 Å². The number of nitro benzene ring substituents is 1. The molecule has 2 N–H and O–H groups in total. The first-order valence-corrected chi connectivity index (χ1v) is 12.1. The molecule has 1 aliphatic rings. The van der Waals surface area contributed by atoms with Crippen LogP contribution >= 0.6 is 23.1 Å². The Kier molecular flexibility index (Phi) is 6.72. The third-order valence-corrected chi connectivity index (χ3v) is 6.94. The van der Waals surface area contributed by atoms with Gasteiger partial charge in [0.2, 0.25) is 0 Å². The van der Waals surface area contributed by atoms with Gasteiger partial charge in [-0.2, -0.15) is 0 Å². The maximum atomic E-state index is 10.9. The smallest absolute Gasteiger partial charge is 0.270 e. The molecule has 0 unspecified atom stereocenters. The van der Waals surface area contributed by atoms with Gasteiger partial charge in [0.1, 0.15) is 0 Å². The number of anilines is 2. The van der Waals surface area contributed by atoms with Gasteiger partial charge in [0.15, 0.2) is 10.3 Å². The highest BCUT2D eigenvalue weighted by Gasteiger charge is 2.19. The molecule has 31 heavy (non-hydrogen) atoms. The molecule has 0 bridgehead atoms. The minimum absolute atomic E-state index is 0.0915. The van der Waals surface area contributed by atoms with Gasteiger partial charge in [-0.15, -0.1) is 0 Å². The average molecular weight is 456 g/mol. The summed E-state index contributed by atoms with van der Waals surface area (Å²) in [6.45, 7) is 5.22. The van der Waals surface area contributed by atoms with Crippen molar-refractivity contribution in [3.05, 3.63) is 58.1 Å². The van der Waals surface area contributed by atoms with Gasteiger partial charge in [-0.05, 0) is 42.5 Å². The predicted octanol–water partition coefficient (Wildman–Crippen LogP) is 5.79. The molecule has 1 aliphatic heterocycles. The first kappa shape index (κ1) is 21.6. The third-order valence-electron chi connectivity index (χ3n) is 4.93. The van der Waals surface area contributed by atoms with E-state index < -0.39 is 0 Å². The number of non-ortho nitro benzene ring substituents is 1. The summed E-state index contributed by atoms with van der Waals surface area (Å²) >= 11 is 3.23. The van der Waals surface area contributed by atoms with Gasteiger partial charge in [-0.25, -0.2) is 4.98 Å². The number of rotatable bonds is 8. The monoisotopic (exact) mass is 455 g/mol. The normalized spacial score (nSPS) is 16.0. The Morgan fingerprint density at radius 1 is 1.23 bits per heavy atom. The minimum Gasteiger partial charge on any atom is -0.361 e. The van der Waals surface area contributed by atoms with Crippen LogP contribution in [-0.2, 0) is 6.42 Å². The lowest BCUT2D eigenvalue weighted by Gasteiger charge is -2.08. The molecule has 0 aliphatic carbocycles. The Balaban J connectivity index is 1.28. The Morgan fingerprint density at radius 2 is 2.03 bits per heavy atom. The molecule has 7 nitrogen and oxygen atoms in total. The molecule has 0 radical (unpaired) electrons. The third kappa shape index (κ3) is 5.74. The van der Waals surface area contributed by atoms with Crippen LogP contribution in [0.2, 0.25) is 0 Å². The first-order chi connectivity index (χ1) is 15.0. The lowest BCUT2D eigenvalue weighted by Crippen LogP contribution is -2.08. The number of aliphatic imine (C=N–C) groups is 1. The molecular formula is C22H25N5O2S2. The molecule has 2 heterocycles. The largest absolute Gasteiger partial charge is 0.361 e. The van der Waals surface area contributed by atoms with Gasteiger partial charge in [0.05, 0.1) is 21.2 Å². The minimum atomic E-state index is -0.382. The number of hydrogen-bond acceptors (Lipinski definition) is 8. The average Bonchev–Trinajstić information content (AvgIpc) is 3.34. The van der Waals surface area contributed by atoms with Crippen LogP contribution < -0.4 is 10.6 Å². The molecule has 2 aromatic carbocycles. The van der Waals surface area contributed by atoms with Crippen molar-refractivity contribution >= 4 is 55.0 Å². The summed E-state index contributed by atoms with van der Waals surface area (Å²) < 4.78 is 0.815. The molecule has 3 aromatic rings. The van der Waals surface area contributed by atoms with E-state index in [1.165, 1.54) is 23.0 Å². The zero-order valence-electron chi connectivity index (χ0n) is 17.5. The topological polar surface area (TPSA) is 92.5 Å². The zero-order valence-corrected chi connectivity index (χ0v) is 19.1. The Labute approximate surface area is 189 Å². The van der Waals surface area contributed by atoms with Crippen LogP contribution in [0.3, 0.4) is 0 Å². The number of fused-ring (bicyclic) bond motifs is 1. The number of amidine groups is 1. The van der Waals surface area contributed by atoms with Crippen LogP contribution in [0.25, 0.3) is 10.2 Å². The number of thioether (sulfide) groups is 1. The van der Waals surface area contributed by atoms with Crippen molar-refractivity contribution in [3.8, 4) is 0 Å². The molecule has 0 amide bonds. The predicted molar refractivity (Wildman–Crippen MR) is 132 cm³/mol. The quantitative estimate of drug-likeness (QED) is 0.330. The van der Waals surface area contributed by atoms with Crippen molar-refractivity contribution in [2.24, 2.45) is 10.9 Å². The molecule has 162 valence electrons. The van der Waals surface area contributed by atoms with E-state index in [2.05, 4.69) is 53.7 Å². The van der Waals surface area contributed by atoms with Gasteiger partial charge in [-0.1, -0.05) is 49.1 Å². The zero-order chi connectivity index (χ0) is 21.8. The molecule has 0 saturated carbocycles. The Hall–Kier alpha value is -2.65. The van der Waals surface area contributed by atoms with Gasteiger partial charge in [0, 0.05) is 30.1 Å². The summed E-state index contributed by atoms with van der Waals surface area (Å²) in [5, 5.41) is 19.5. The molecule has 1 aromatic heterocycles. The summed E-state index contributed by atoms with van der Waals surface area (Å²) in [6, 6.07) is 13.6. The molecule has 4 rings (SSSR count). The Morgan fingerprint density at radius 3 is 2.77 bits per heavy atom. The van der Waals surface area contributed by atoms with Crippen molar-refractivity contribution in [1.29, 1.82) is 0 Å². The summed E-state index contributed by atoms with van der Waals surface area (Å²) in [7, 11) is 0. The number of benzene rings is 2. The molecule has 1 atom stereocenters. The van der Waals surface area contributed by atoms with Crippen molar-refractivity contribution in [2.45, 2.75) is 32.7 Å². The second-order valence-corrected chi connectivity index (χ2v) is 9.99. The summed E-state index contributed by atoms with van der Waals surface area (Å²) in [5.41, 5.74) is 3.15. The van der Waals surface area contributed by atoms with Crippen molar-refractivity contribution in [3.63, 3.8) is 0 Å². The number of thiazole rings is 1. The number of hydrogen-bond donors (Lipinski definition) is 2. The van der Waals surface area contributed by atoms with Crippen LogP contribution in [0.15, 0.2) is 47.5 Å². The molecular weight excluding hydrogens is 430 g/mol. The fourth-order valence-electron chi connectivity index (χ4n) is 3.44. The van der Waals surface area contributed by atoms with E-state index in [-0.39, 0.29) is 10.6 Å². The van der Waals surface area contributed by atoms with E-state index in [4.69, 9.17) is 4.99 Å². The highest BCUT2D eigenvalue weighted by molar-refractivity contribution is 8.14. The van der Waals surface area contributed by atoms with Crippen molar-refractivity contribution in [1.82, 2.24) is 4.98 Å². The fourth-order valence-corrected chi connectivity index (χ4v) is 5.34. The lowest BCUT2D eigenvalue weighted by molar-refractivity contribution is -0.384. The van der Waals surface area contributed by atoms with E-state index in [1.807, 2.05) is 0 Å². The highest BCUT2D eigenvalue weighted by atomic mass is 32.2. The van der Waals surface area contributed by atoms with E-state index in [9.17, 15) is 10.1 Å². The van der Waals surface area contributed by atoms with Gasteiger partial charge in [0.25, 0.3) is 5.69 Å². The van der Waals surface area contributed by atoms with Crippen molar-refractivity contribution in [2.75, 3.05) is 22.9 Å². The molecule has 0 spiro atoms. The fraction of sp³-hybridized carbons (Fsp3) is 0.364. The SMILES string of the molecule is CC(C)C[C@@H]1CSC(Nc2ccc(CCNc3nc4ccc([N+](=O)[O-])cc4s3)cc2)=N1. The van der Waals surface area contributed by atoms with Crippen LogP contribution in [0, 0.1) is 16.0 Å². The number of nitrogens with one attached hydrogen (secondary N) is 2. The maximum absolute atomic E-state index is 10.9. The number of aromatic nitrogens is 1. The second kappa shape index (κ2) is 9.65. The molecule has 9 heteroatoms. The maximum Gasteiger partial charge on any atom is 0.270 e. The lowest BCUT2D eigenvalue weighted by atomic mass is 10.1. The van der Waals surface area contributed by atoms with Crippen LogP contribution in [0.5, 0.6) is 0 Å². The van der Waals surface area contributed by atoms with Gasteiger partial charge in [-0.3, -0.25) is 15.1 Å². The van der Waals surface area contributed by atoms with E-state index in [1.54, 1.807) is 23.9 Å². The number of nitro groups is 1. The van der Waals surface area contributed by atoms with Crippen LogP contribution in [0.4, 0.5) is 16.5 Å². The second-order valence-electron chi connectivity index (χ2n) is 7.96. The van der Waals surface area contributed by atoms with Gasteiger partial charge >= 0.3 is 0 Å². The molecule has 0 saturated heterocycles. The van der Waals surface area contributed by atoms with E-state index >= 15 is 0 Å². The standard InChI is InChI=1S/C22H25N5O2S2/c1-14(2)11-17-13-30-22(25-17)24-16-5-3-15(4-6-16)9-10-23-21-26-19-8-7-18(27(28)29)12-20(19)31-21/h3-8,12,14,17H,9-11,13H2,1-2H3,(H,23,26)(H,24,25)/t17-/m1/s1. The first-order valence-electron chi connectivity index (χ1n) is 10.3. The van der Waals surface area contributed by atoms with Crippen LogP contribution in [0.1, 0.15) is 25.8 Å². The summed E-state index contributed by atoms with van der Waals surface area (Å²) in [5.74, 6) is 1.73.